The molecule has 1 spiro atoms. The minimum absolute atomic E-state index is 0.0526. The average Bonchev–Trinajstić information content (AvgIpc) is 2.59. The molecule has 2 heterocycles. The van der Waals surface area contributed by atoms with Crippen LogP contribution < -0.4 is 4.74 Å². The predicted octanol–water partition coefficient (Wildman–Crippen LogP) is 3.25. The maximum absolute atomic E-state index is 6.19. The van der Waals surface area contributed by atoms with E-state index >= 15 is 0 Å². The molecule has 4 nitrogen and oxygen atoms in total. The fraction of sp³-hybridized carbons (Fsp3) is 0.684. The molecule has 0 aromatic heterocycles. The smallest absolute Gasteiger partial charge is 0.123 e. The first kappa shape index (κ1) is 16.7. The number of likely N-dealkylation sites (tertiary alicyclic amines) is 1. The Bertz CT molecular complexity index is 497. The second kappa shape index (κ2) is 7.65. The molecule has 0 amide bonds. The van der Waals surface area contributed by atoms with Crippen LogP contribution in [-0.4, -0.2) is 50.0 Å². The van der Waals surface area contributed by atoms with Crippen LogP contribution in [0, 0.1) is 0 Å². The van der Waals surface area contributed by atoms with Crippen LogP contribution in [0.25, 0.3) is 0 Å². The Morgan fingerprint density at radius 1 is 1.26 bits per heavy atom. The fourth-order valence-corrected chi connectivity index (χ4v) is 3.96. The number of methoxy groups -OCH3 is 1. The number of piperidine rings is 1. The van der Waals surface area contributed by atoms with Gasteiger partial charge in [0.2, 0.25) is 0 Å². The van der Waals surface area contributed by atoms with E-state index in [1.807, 2.05) is 20.1 Å². The monoisotopic (exact) mass is 319 g/mol. The molecular weight excluding hydrogens is 290 g/mol. The van der Waals surface area contributed by atoms with E-state index in [1.54, 1.807) is 0 Å². The van der Waals surface area contributed by atoms with Crippen LogP contribution in [0.15, 0.2) is 24.3 Å². The van der Waals surface area contributed by atoms with Crippen molar-refractivity contribution in [2.75, 3.05) is 33.4 Å². The van der Waals surface area contributed by atoms with Crippen molar-refractivity contribution in [2.45, 2.75) is 50.9 Å². The van der Waals surface area contributed by atoms with Crippen LogP contribution in [0.1, 0.15) is 38.2 Å². The van der Waals surface area contributed by atoms with Crippen molar-refractivity contribution in [3.63, 3.8) is 0 Å². The summed E-state index contributed by atoms with van der Waals surface area (Å²) in [5.74, 6) is 1.01. The summed E-state index contributed by atoms with van der Waals surface area (Å²) in [6, 6.07) is 8.37. The summed E-state index contributed by atoms with van der Waals surface area (Å²) in [4.78, 5) is 2.51. The van der Waals surface area contributed by atoms with Gasteiger partial charge in [-0.3, -0.25) is 4.90 Å². The second-order valence-corrected chi connectivity index (χ2v) is 6.60. The molecule has 2 fully saturated rings. The molecule has 23 heavy (non-hydrogen) atoms. The van der Waals surface area contributed by atoms with E-state index in [4.69, 9.17) is 14.2 Å². The first-order valence-corrected chi connectivity index (χ1v) is 8.87. The maximum Gasteiger partial charge on any atom is 0.123 e. The minimum atomic E-state index is -0.0526. The summed E-state index contributed by atoms with van der Waals surface area (Å²) in [5, 5.41) is 0. The van der Waals surface area contributed by atoms with Crippen molar-refractivity contribution < 1.29 is 14.2 Å². The Balaban J connectivity index is 1.61. The number of nitrogens with zero attached hydrogens (tertiary/aromatic N) is 1. The molecule has 0 bridgehead atoms. The van der Waals surface area contributed by atoms with E-state index in [9.17, 15) is 0 Å². The zero-order valence-electron chi connectivity index (χ0n) is 14.4. The Morgan fingerprint density at radius 3 is 2.78 bits per heavy atom. The lowest BCUT2D eigenvalue weighted by Crippen LogP contribution is -2.55. The number of benzene rings is 1. The van der Waals surface area contributed by atoms with Crippen molar-refractivity contribution in [1.29, 1.82) is 0 Å². The predicted molar refractivity (Wildman–Crippen MR) is 90.8 cm³/mol. The van der Waals surface area contributed by atoms with Gasteiger partial charge < -0.3 is 14.2 Å². The zero-order chi connectivity index (χ0) is 16.1. The first-order valence-electron chi connectivity index (χ1n) is 8.87. The van der Waals surface area contributed by atoms with Crippen molar-refractivity contribution >= 4 is 0 Å². The molecule has 0 aliphatic carbocycles. The maximum atomic E-state index is 6.19. The summed E-state index contributed by atoms with van der Waals surface area (Å²) < 4.78 is 17.7. The topological polar surface area (TPSA) is 30.9 Å². The van der Waals surface area contributed by atoms with Crippen LogP contribution in [0.2, 0.25) is 0 Å². The highest BCUT2D eigenvalue weighted by Gasteiger charge is 2.44. The molecule has 1 aromatic carbocycles. The van der Waals surface area contributed by atoms with Gasteiger partial charge in [-0.25, -0.2) is 0 Å². The highest BCUT2D eigenvalue weighted by Crippen LogP contribution is 2.37. The van der Waals surface area contributed by atoms with Crippen LogP contribution in [0.5, 0.6) is 5.75 Å². The molecule has 0 radical (unpaired) electrons. The summed E-state index contributed by atoms with van der Waals surface area (Å²) in [7, 11) is 1.83. The van der Waals surface area contributed by atoms with Crippen molar-refractivity contribution in [3.05, 3.63) is 29.8 Å². The fourth-order valence-electron chi connectivity index (χ4n) is 3.96. The number of hydrogen-bond acceptors (Lipinski definition) is 4. The summed E-state index contributed by atoms with van der Waals surface area (Å²) in [6.45, 7) is 6.69. The quantitative estimate of drug-likeness (QED) is 0.833. The molecule has 3 rings (SSSR count). The third kappa shape index (κ3) is 3.70. The Morgan fingerprint density at radius 2 is 2.04 bits per heavy atom. The van der Waals surface area contributed by atoms with Crippen molar-refractivity contribution in [2.24, 2.45) is 0 Å². The third-order valence-corrected chi connectivity index (χ3v) is 5.24. The Hall–Kier alpha value is -1.10. The van der Waals surface area contributed by atoms with Crippen molar-refractivity contribution in [1.82, 2.24) is 4.90 Å². The SMILES string of the molecule is CCOc1ccccc1CN1CCC2(CC1)OCCC[C@@H]2OC. The van der Waals surface area contributed by atoms with Gasteiger partial charge in [0.25, 0.3) is 0 Å². The molecule has 1 atom stereocenters. The lowest BCUT2D eigenvalue weighted by atomic mass is 9.81. The first-order chi connectivity index (χ1) is 11.3. The van der Waals surface area contributed by atoms with Gasteiger partial charge >= 0.3 is 0 Å². The average molecular weight is 319 g/mol. The highest BCUT2D eigenvalue weighted by atomic mass is 16.5. The standard InChI is InChI=1S/C19H29NO3/c1-3-22-17-8-5-4-7-16(17)15-20-12-10-19(11-13-20)18(21-2)9-6-14-23-19/h4-5,7-8,18H,3,6,9-15H2,1-2H3/t18-/m0/s1. The van der Waals surface area contributed by atoms with E-state index in [-0.39, 0.29) is 11.7 Å². The molecular formula is C19H29NO3. The molecule has 2 saturated heterocycles. The number of ether oxygens (including phenoxy) is 3. The van der Waals surface area contributed by atoms with E-state index in [0.29, 0.717) is 6.61 Å². The number of para-hydroxylation sites is 1. The summed E-state index contributed by atoms with van der Waals surface area (Å²) in [5.41, 5.74) is 1.22. The van der Waals surface area contributed by atoms with Crippen LogP contribution in [0.3, 0.4) is 0 Å². The van der Waals surface area contributed by atoms with E-state index < -0.39 is 0 Å². The van der Waals surface area contributed by atoms with Gasteiger partial charge in [0.1, 0.15) is 5.75 Å². The second-order valence-electron chi connectivity index (χ2n) is 6.60. The summed E-state index contributed by atoms with van der Waals surface area (Å²) in [6.07, 6.45) is 4.62. The highest BCUT2D eigenvalue weighted by molar-refractivity contribution is 5.33. The molecule has 0 unspecified atom stereocenters. The largest absolute Gasteiger partial charge is 0.494 e. The minimum Gasteiger partial charge on any atom is -0.494 e. The van der Waals surface area contributed by atoms with Gasteiger partial charge in [-0.2, -0.15) is 0 Å². The molecule has 0 N–H and O–H groups in total. The van der Waals surface area contributed by atoms with Gasteiger partial charge in [-0.15, -0.1) is 0 Å². The normalized spacial score (nSPS) is 24.7. The molecule has 2 aliphatic heterocycles. The van der Waals surface area contributed by atoms with Gasteiger partial charge in [0, 0.05) is 38.9 Å². The molecule has 4 heteroatoms. The van der Waals surface area contributed by atoms with Crippen molar-refractivity contribution in [3.8, 4) is 5.75 Å². The van der Waals surface area contributed by atoms with Crippen LogP contribution in [0.4, 0.5) is 0 Å². The molecule has 1 aromatic rings. The molecule has 128 valence electrons. The van der Waals surface area contributed by atoms with Gasteiger partial charge in [-0.1, -0.05) is 18.2 Å². The zero-order valence-corrected chi connectivity index (χ0v) is 14.4. The molecule has 2 aliphatic rings. The number of rotatable bonds is 5. The third-order valence-electron chi connectivity index (χ3n) is 5.24. The van der Waals surface area contributed by atoms with Crippen LogP contribution >= 0.6 is 0 Å². The Labute approximate surface area is 139 Å². The molecule has 0 saturated carbocycles. The van der Waals surface area contributed by atoms with E-state index in [2.05, 4.69) is 23.1 Å². The number of hydrogen-bond donors (Lipinski definition) is 0. The lowest BCUT2D eigenvalue weighted by Gasteiger charge is -2.48. The van der Waals surface area contributed by atoms with Gasteiger partial charge in [0.05, 0.1) is 18.3 Å². The Kier molecular flexibility index (Phi) is 5.57. The van der Waals surface area contributed by atoms with Crippen LogP contribution in [-0.2, 0) is 16.0 Å². The van der Waals surface area contributed by atoms with E-state index in [1.165, 1.54) is 5.56 Å². The van der Waals surface area contributed by atoms with Gasteiger partial charge in [-0.05, 0) is 38.7 Å². The van der Waals surface area contributed by atoms with E-state index in [0.717, 1.165) is 57.7 Å². The summed E-state index contributed by atoms with van der Waals surface area (Å²) >= 11 is 0. The lowest BCUT2D eigenvalue weighted by molar-refractivity contribution is -0.186. The van der Waals surface area contributed by atoms with Gasteiger partial charge in [0.15, 0.2) is 0 Å².